The van der Waals surface area contributed by atoms with Crippen LogP contribution in [0.15, 0.2) is 42.9 Å². The number of aromatic nitrogens is 3. The van der Waals surface area contributed by atoms with Crippen molar-refractivity contribution < 1.29 is 9.59 Å². The van der Waals surface area contributed by atoms with Gasteiger partial charge in [0.25, 0.3) is 5.91 Å². The van der Waals surface area contributed by atoms with E-state index in [2.05, 4.69) is 30.5 Å². The first-order chi connectivity index (χ1) is 15.0. The number of carbonyl (C=O) groups is 2. The molecule has 0 atom stereocenters. The van der Waals surface area contributed by atoms with Crippen molar-refractivity contribution in [3.8, 4) is 0 Å². The first-order valence-corrected chi connectivity index (χ1v) is 10.3. The van der Waals surface area contributed by atoms with Gasteiger partial charge in [0.2, 0.25) is 5.91 Å². The Hall–Kier alpha value is -3.30. The number of aromatic amines is 1. The summed E-state index contributed by atoms with van der Waals surface area (Å²) in [5, 5.41) is 6.03. The Labute approximate surface area is 181 Å². The number of benzene rings is 1. The molecule has 9 heteroatoms. The average molecular weight is 424 g/mol. The maximum atomic E-state index is 12.7. The summed E-state index contributed by atoms with van der Waals surface area (Å²) in [7, 11) is 3.97. The normalized spacial score (nSPS) is 11.1. The predicted molar refractivity (Wildman–Crippen MR) is 121 cm³/mol. The molecule has 0 saturated heterocycles. The van der Waals surface area contributed by atoms with E-state index in [4.69, 9.17) is 0 Å². The summed E-state index contributed by atoms with van der Waals surface area (Å²) in [6.07, 6.45) is 3.19. The molecule has 0 aliphatic heterocycles. The third-order valence-corrected chi connectivity index (χ3v) is 4.91. The molecule has 0 spiro atoms. The number of pyridine rings is 1. The zero-order valence-electron chi connectivity index (χ0n) is 18.2. The number of hydrogen-bond donors (Lipinski definition) is 3. The van der Waals surface area contributed by atoms with Gasteiger partial charge in [0.1, 0.15) is 5.52 Å². The minimum atomic E-state index is -0.240. The van der Waals surface area contributed by atoms with Crippen LogP contribution in [0.5, 0.6) is 0 Å². The van der Waals surface area contributed by atoms with Gasteiger partial charge in [-0.3, -0.25) is 14.6 Å². The van der Waals surface area contributed by atoms with Crippen LogP contribution in [-0.2, 0) is 11.3 Å². The van der Waals surface area contributed by atoms with Gasteiger partial charge in [-0.05, 0) is 45.3 Å². The molecule has 0 fully saturated rings. The fourth-order valence-electron chi connectivity index (χ4n) is 3.17. The highest BCUT2D eigenvalue weighted by molar-refractivity contribution is 6.07. The van der Waals surface area contributed by atoms with Crippen LogP contribution in [0, 0.1) is 0 Å². The lowest BCUT2D eigenvalue weighted by atomic mass is 10.2. The fraction of sp³-hybridized carbons (Fsp3) is 0.364. The predicted octanol–water partition coefficient (Wildman–Crippen LogP) is 1.71. The van der Waals surface area contributed by atoms with E-state index in [0.29, 0.717) is 42.1 Å². The Kier molecular flexibility index (Phi) is 7.69. The molecule has 0 radical (unpaired) electrons. The highest BCUT2D eigenvalue weighted by Gasteiger charge is 2.13. The maximum absolute atomic E-state index is 12.7. The van der Waals surface area contributed by atoms with E-state index in [-0.39, 0.29) is 18.4 Å². The maximum Gasteiger partial charge on any atom is 0.255 e. The minimum absolute atomic E-state index is 0.0466. The summed E-state index contributed by atoms with van der Waals surface area (Å²) in [5.41, 5.74) is 3.39. The molecule has 3 aromatic rings. The SMILES string of the molecule is CCN(CCN(C)C)C(=O)CNCc1cc(C(=O)Nc2cccc3[nH]cnc23)ccn1. The van der Waals surface area contributed by atoms with Crippen molar-refractivity contribution in [1.29, 1.82) is 0 Å². The minimum Gasteiger partial charge on any atom is -0.345 e. The molecule has 9 nitrogen and oxygen atoms in total. The van der Waals surface area contributed by atoms with Crippen molar-refractivity contribution in [2.75, 3.05) is 45.6 Å². The van der Waals surface area contributed by atoms with Crippen LogP contribution in [0.4, 0.5) is 5.69 Å². The Morgan fingerprint density at radius 2 is 1.97 bits per heavy atom. The summed E-state index contributed by atoms with van der Waals surface area (Å²) >= 11 is 0. The Balaban J connectivity index is 1.55. The largest absolute Gasteiger partial charge is 0.345 e. The van der Waals surface area contributed by atoms with Crippen molar-refractivity contribution >= 4 is 28.5 Å². The van der Waals surface area contributed by atoms with Crippen LogP contribution in [0.2, 0.25) is 0 Å². The molecule has 2 amide bonds. The first kappa shape index (κ1) is 22.4. The number of nitrogens with zero attached hydrogens (tertiary/aromatic N) is 4. The molecule has 31 heavy (non-hydrogen) atoms. The van der Waals surface area contributed by atoms with Gasteiger partial charge in [-0.15, -0.1) is 0 Å². The smallest absolute Gasteiger partial charge is 0.255 e. The van der Waals surface area contributed by atoms with Gasteiger partial charge in [-0.25, -0.2) is 4.98 Å². The van der Waals surface area contributed by atoms with Gasteiger partial charge in [-0.2, -0.15) is 0 Å². The quantitative estimate of drug-likeness (QED) is 0.458. The molecule has 0 saturated carbocycles. The molecule has 164 valence electrons. The summed E-state index contributed by atoms with van der Waals surface area (Å²) < 4.78 is 0. The summed E-state index contributed by atoms with van der Waals surface area (Å²) in [5.74, 6) is -0.193. The number of rotatable bonds is 10. The summed E-state index contributed by atoms with van der Waals surface area (Å²) in [6, 6.07) is 8.95. The van der Waals surface area contributed by atoms with E-state index < -0.39 is 0 Å². The molecule has 2 aromatic heterocycles. The Bertz CT molecular complexity index is 1030. The van der Waals surface area contributed by atoms with E-state index in [1.165, 1.54) is 0 Å². The molecular weight excluding hydrogens is 394 g/mol. The molecule has 0 aliphatic carbocycles. The van der Waals surface area contributed by atoms with Crippen molar-refractivity contribution in [3.63, 3.8) is 0 Å². The van der Waals surface area contributed by atoms with Gasteiger partial charge in [0, 0.05) is 37.9 Å². The molecule has 0 unspecified atom stereocenters. The lowest BCUT2D eigenvalue weighted by molar-refractivity contribution is -0.130. The van der Waals surface area contributed by atoms with Crippen LogP contribution >= 0.6 is 0 Å². The first-order valence-electron chi connectivity index (χ1n) is 10.3. The molecule has 0 bridgehead atoms. The second kappa shape index (κ2) is 10.6. The zero-order chi connectivity index (χ0) is 22.2. The van der Waals surface area contributed by atoms with Gasteiger partial charge >= 0.3 is 0 Å². The second-order valence-corrected chi connectivity index (χ2v) is 7.47. The third-order valence-electron chi connectivity index (χ3n) is 4.91. The van der Waals surface area contributed by atoms with E-state index in [1.54, 1.807) is 24.7 Å². The van der Waals surface area contributed by atoms with Crippen molar-refractivity contribution in [3.05, 3.63) is 54.1 Å². The highest BCUT2D eigenvalue weighted by atomic mass is 16.2. The van der Waals surface area contributed by atoms with Gasteiger partial charge in [0.05, 0.1) is 29.8 Å². The van der Waals surface area contributed by atoms with Crippen molar-refractivity contribution in [2.45, 2.75) is 13.5 Å². The van der Waals surface area contributed by atoms with Crippen LogP contribution in [0.3, 0.4) is 0 Å². The van der Waals surface area contributed by atoms with E-state index in [9.17, 15) is 9.59 Å². The highest BCUT2D eigenvalue weighted by Crippen LogP contribution is 2.20. The van der Waals surface area contributed by atoms with Crippen LogP contribution < -0.4 is 10.6 Å². The number of fused-ring (bicyclic) bond motifs is 1. The van der Waals surface area contributed by atoms with Crippen LogP contribution in [0.25, 0.3) is 11.0 Å². The van der Waals surface area contributed by atoms with Crippen molar-refractivity contribution in [2.24, 2.45) is 0 Å². The Morgan fingerprint density at radius 1 is 1.13 bits per heavy atom. The number of H-pyrrole nitrogens is 1. The van der Waals surface area contributed by atoms with Gasteiger partial charge in [-0.1, -0.05) is 6.07 Å². The lowest BCUT2D eigenvalue weighted by Crippen LogP contribution is -2.41. The molecule has 3 N–H and O–H groups in total. The lowest BCUT2D eigenvalue weighted by Gasteiger charge is -2.23. The monoisotopic (exact) mass is 423 g/mol. The van der Waals surface area contributed by atoms with Crippen LogP contribution in [0.1, 0.15) is 23.0 Å². The number of likely N-dealkylation sites (N-methyl/N-ethyl adjacent to an activating group) is 2. The summed E-state index contributed by atoms with van der Waals surface area (Å²) in [4.78, 5) is 40.5. The molecule has 2 heterocycles. The number of nitrogens with one attached hydrogen (secondary N) is 3. The topological polar surface area (TPSA) is 106 Å². The van der Waals surface area contributed by atoms with E-state index in [1.807, 2.05) is 44.1 Å². The number of anilines is 1. The van der Waals surface area contributed by atoms with Gasteiger partial charge in [0.15, 0.2) is 0 Å². The number of hydrogen-bond acceptors (Lipinski definition) is 6. The molecule has 3 rings (SSSR count). The zero-order valence-corrected chi connectivity index (χ0v) is 18.2. The Morgan fingerprint density at radius 3 is 2.74 bits per heavy atom. The van der Waals surface area contributed by atoms with Gasteiger partial charge < -0.3 is 25.4 Å². The van der Waals surface area contributed by atoms with Crippen molar-refractivity contribution in [1.82, 2.24) is 30.1 Å². The van der Waals surface area contributed by atoms with Crippen LogP contribution in [-0.4, -0.2) is 76.8 Å². The molecule has 1 aromatic carbocycles. The summed E-state index contributed by atoms with van der Waals surface area (Å²) in [6.45, 7) is 4.78. The fourth-order valence-corrected chi connectivity index (χ4v) is 3.17. The number of para-hydroxylation sites is 1. The number of amides is 2. The standard InChI is InChI=1S/C22H29N7O2/c1-4-29(11-10-28(2)3)20(30)14-23-13-17-12-16(8-9-24-17)22(31)27-19-7-5-6-18-21(19)26-15-25-18/h5-9,12,15,23H,4,10-11,13-14H2,1-3H3,(H,25,26)(H,27,31). The average Bonchev–Trinajstić information content (AvgIpc) is 3.24. The molecular formula is C22H29N7O2. The molecule has 0 aliphatic rings. The number of imidazole rings is 1. The number of carbonyl (C=O) groups excluding carboxylic acids is 2. The second-order valence-electron chi connectivity index (χ2n) is 7.47. The van der Waals surface area contributed by atoms with E-state index in [0.717, 1.165) is 12.1 Å². The third kappa shape index (κ3) is 6.09. The van der Waals surface area contributed by atoms with E-state index >= 15 is 0 Å².